The minimum absolute atomic E-state index is 0.374. The molecule has 0 amide bonds. The molecular weight excluding hydrogens is 304 g/mol. The van der Waals surface area contributed by atoms with Gasteiger partial charge < -0.3 is 9.88 Å². The zero-order chi connectivity index (χ0) is 16.7. The van der Waals surface area contributed by atoms with E-state index < -0.39 is 0 Å². The van der Waals surface area contributed by atoms with Crippen molar-refractivity contribution >= 4 is 28.0 Å². The first-order chi connectivity index (χ1) is 11.6. The first-order valence-electron chi connectivity index (χ1n) is 7.83. The number of rotatable bonds is 4. The Kier molecular flexibility index (Phi) is 3.37. The van der Waals surface area contributed by atoms with Crippen LogP contribution in [-0.4, -0.2) is 34.5 Å². The lowest BCUT2D eigenvalue weighted by Crippen LogP contribution is -2.04. The van der Waals surface area contributed by atoms with Gasteiger partial charge in [-0.15, -0.1) is 5.10 Å². The van der Waals surface area contributed by atoms with Crippen LogP contribution in [0.5, 0.6) is 0 Å². The molecule has 3 heterocycles. The van der Waals surface area contributed by atoms with E-state index in [1.54, 1.807) is 4.68 Å². The maximum absolute atomic E-state index is 4.44. The fraction of sp³-hybridized carbons (Fsp3) is 0.312. The van der Waals surface area contributed by atoms with E-state index in [-0.39, 0.29) is 0 Å². The number of hydrogen-bond acceptors (Lipinski definition) is 6. The van der Waals surface area contributed by atoms with Crippen molar-refractivity contribution < 1.29 is 0 Å². The molecule has 8 nitrogen and oxygen atoms in total. The summed E-state index contributed by atoms with van der Waals surface area (Å²) >= 11 is 0. The lowest BCUT2D eigenvalue weighted by molar-refractivity contribution is 0.617. The molecule has 0 fully saturated rings. The Balaban J connectivity index is 1.63. The van der Waals surface area contributed by atoms with Gasteiger partial charge in [-0.25, -0.2) is 19.6 Å². The average Bonchev–Trinajstić information content (AvgIpc) is 3.17. The first-order valence-corrected chi connectivity index (χ1v) is 7.83. The molecule has 0 bridgehead atoms. The summed E-state index contributed by atoms with van der Waals surface area (Å²) in [6.45, 7) is 4.94. The normalized spacial score (nSPS) is 11.7. The van der Waals surface area contributed by atoms with Crippen molar-refractivity contribution in [3.8, 4) is 0 Å². The number of benzene rings is 1. The molecule has 0 atom stereocenters. The number of anilines is 1. The predicted octanol–water partition coefficient (Wildman–Crippen LogP) is 2.30. The fourth-order valence-electron chi connectivity index (χ4n) is 2.76. The van der Waals surface area contributed by atoms with Crippen LogP contribution in [0.15, 0.2) is 30.9 Å². The van der Waals surface area contributed by atoms with Crippen molar-refractivity contribution in [2.24, 2.45) is 7.05 Å². The summed E-state index contributed by atoms with van der Waals surface area (Å²) in [4.78, 5) is 12.9. The Morgan fingerprint density at radius 3 is 2.88 bits per heavy atom. The molecule has 0 aliphatic rings. The zero-order valence-electron chi connectivity index (χ0n) is 13.8. The second-order valence-corrected chi connectivity index (χ2v) is 6.03. The number of hydrogen-bond donors (Lipinski definition) is 1. The smallest absolute Gasteiger partial charge is 0.183 e. The van der Waals surface area contributed by atoms with Gasteiger partial charge in [0.05, 0.1) is 17.4 Å². The molecule has 122 valence electrons. The van der Waals surface area contributed by atoms with Gasteiger partial charge in [-0.3, -0.25) is 0 Å². The standard InChI is InChI=1S/C16H18N8/c1-10(2)24-9-20-12-5-4-11(6-13(12)24)7-17-15-14-16(19-8-18-15)23(3)22-21-14/h4-6,8-10H,7H2,1-3H3,(H,17,18,19). The third kappa shape index (κ3) is 2.36. The average molecular weight is 322 g/mol. The van der Waals surface area contributed by atoms with Crippen LogP contribution >= 0.6 is 0 Å². The highest BCUT2D eigenvalue weighted by molar-refractivity contribution is 5.82. The van der Waals surface area contributed by atoms with E-state index in [1.807, 2.05) is 19.4 Å². The lowest BCUT2D eigenvalue weighted by atomic mass is 10.2. The van der Waals surface area contributed by atoms with Crippen molar-refractivity contribution in [1.82, 2.24) is 34.5 Å². The molecule has 4 aromatic rings. The van der Waals surface area contributed by atoms with Gasteiger partial charge in [-0.1, -0.05) is 11.3 Å². The number of nitrogens with one attached hydrogen (secondary N) is 1. The van der Waals surface area contributed by atoms with Crippen molar-refractivity contribution in [2.75, 3.05) is 5.32 Å². The molecular formula is C16H18N8. The summed E-state index contributed by atoms with van der Waals surface area (Å²) in [5.41, 5.74) is 4.68. The molecule has 0 saturated carbocycles. The maximum Gasteiger partial charge on any atom is 0.183 e. The molecule has 0 saturated heterocycles. The van der Waals surface area contributed by atoms with E-state index in [9.17, 15) is 0 Å². The van der Waals surface area contributed by atoms with Crippen molar-refractivity contribution in [1.29, 1.82) is 0 Å². The largest absolute Gasteiger partial charge is 0.364 e. The number of aryl methyl sites for hydroxylation is 1. The minimum atomic E-state index is 0.374. The van der Waals surface area contributed by atoms with Crippen LogP contribution in [0.25, 0.3) is 22.2 Å². The van der Waals surface area contributed by atoms with Gasteiger partial charge in [0, 0.05) is 19.6 Å². The Hall–Kier alpha value is -3.03. The molecule has 0 aliphatic heterocycles. The highest BCUT2D eigenvalue weighted by Gasteiger charge is 2.10. The van der Waals surface area contributed by atoms with E-state index >= 15 is 0 Å². The van der Waals surface area contributed by atoms with Crippen LogP contribution in [0.2, 0.25) is 0 Å². The predicted molar refractivity (Wildman–Crippen MR) is 91.5 cm³/mol. The Bertz CT molecular complexity index is 1010. The van der Waals surface area contributed by atoms with E-state index in [1.165, 1.54) is 6.33 Å². The van der Waals surface area contributed by atoms with Crippen molar-refractivity contribution in [3.63, 3.8) is 0 Å². The van der Waals surface area contributed by atoms with E-state index in [0.29, 0.717) is 29.6 Å². The number of imidazole rings is 1. The summed E-state index contributed by atoms with van der Waals surface area (Å²) in [7, 11) is 1.81. The third-order valence-electron chi connectivity index (χ3n) is 4.04. The Morgan fingerprint density at radius 2 is 2.04 bits per heavy atom. The zero-order valence-corrected chi connectivity index (χ0v) is 13.8. The second kappa shape index (κ2) is 5.55. The molecule has 24 heavy (non-hydrogen) atoms. The minimum Gasteiger partial charge on any atom is -0.364 e. The molecule has 1 N–H and O–H groups in total. The Labute approximate surface area is 138 Å². The van der Waals surface area contributed by atoms with Gasteiger partial charge in [-0.05, 0) is 31.5 Å². The fourth-order valence-corrected chi connectivity index (χ4v) is 2.76. The third-order valence-corrected chi connectivity index (χ3v) is 4.04. The molecule has 3 aromatic heterocycles. The maximum atomic E-state index is 4.44. The molecule has 8 heteroatoms. The highest BCUT2D eigenvalue weighted by atomic mass is 15.4. The monoisotopic (exact) mass is 322 g/mol. The highest BCUT2D eigenvalue weighted by Crippen LogP contribution is 2.20. The van der Waals surface area contributed by atoms with Crippen LogP contribution in [0, 0.1) is 0 Å². The van der Waals surface area contributed by atoms with Crippen LogP contribution in [0.4, 0.5) is 5.82 Å². The van der Waals surface area contributed by atoms with E-state index in [4.69, 9.17) is 0 Å². The molecule has 0 unspecified atom stereocenters. The van der Waals surface area contributed by atoms with Crippen LogP contribution < -0.4 is 5.32 Å². The molecule has 0 spiro atoms. The quantitative estimate of drug-likeness (QED) is 0.620. The van der Waals surface area contributed by atoms with Crippen LogP contribution in [0.3, 0.4) is 0 Å². The van der Waals surface area contributed by atoms with Crippen molar-refractivity contribution in [3.05, 3.63) is 36.4 Å². The van der Waals surface area contributed by atoms with E-state index in [0.717, 1.165) is 16.6 Å². The Morgan fingerprint density at radius 1 is 1.17 bits per heavy atom. The van der Waals surface area contributed by atoms with Gasteiger partial charge in [-0.2, -0.15) is 0 Å². The van der Waals surface area contributed by atoms with Gasteiger partial charge in [0.25, 0.3) is 0 Å². The summed E-state index contributed by atoms with van der Waals surface area (Å²) in [5, 5.41) is 11.4. The topological polar surface area (TPSA) is 86.3 Å². The lowest BCUT2D eigenvalue weighted by Gasteiger charge is -2.10. The van der Waals surface area contributed by atoms with E-state index in [2.05, 4.69) is 61.1 Å². The summed E-state index contributed by atoms with van der Waals surface area (Å²) in [6, 6.07) is 6.65. The number of aromatic nitrogens is 7. The number of nitrogens with zero attached hydrogens (tertiary/aromatic N) is 7. The SMILES string of the molecule is CC(C)n1cnc2ccc(CNc3ncnc4c3nnn4C)cc21. The summed E-state index contributed by atoms with van der Waals surface area (Å²) in [5.74, 6) is 0.686. The molecule has 0 radical (unpaired) electrons. The van der Waals surface area contributed by atoms with Crippen LogP contribution in [0.1, 0.15) is 25.5 Å². The molecule has 4 rings (SSSR count). The first kappa shape index (κ1) is 14.6. The van der Waals surface area contributed by atoms with Gasteiger partial charge in [0.2, 0.25) is 0 Å². The van der Waals surface area contributed by atoms with Crippen molar-refractivity contribution in [2.45, 2.75) is 26.4 Å². The molecule has 1 aromatic carbocycles. The summed E-state index contributed by atoms with van der Waals surface area (Å²) in [6.07, 6.45) is 3.41. The van der Waals surface area contributed by atoms with Gasteiger partial charge in [0.15, 0.2) is 17.0 Å². The van der Waals surface area contributed by atoms with Crippen LogP contribution in [-0.2, 0) is 13.6 Å². The summed E-state index contributed by atoms with van der Waals surface area (Å²) < 4.78 is 3.81. The second-order valence-electron chi connectivity index (χ2n) is 6.03. The van der Waals surface area contributed by atoms with Gasteiger partial charge >= 0.3 is 0 Å². The number of fused-ring (bicyclic) bond motifs is 2. The molecule has 0 aliphatic carbocycles. The van der Waals surface area contributed by atoms with Gasteiger partial charge in [0.1, 0.15) is 6.33 Å².